The lowest BCUT2D eigenvalue weighted by molar-refractivity contribution is 0.783. The molecule has 0 bridgehead atoms. The second-order valence-electron chi connectivity index (χ2n) is 3.08. The molecule has 0 saturated heterocycles. The van der Waals surface area contributed by atoms with E-state index < -0.39 is 0 Å². The van der Waals surface area contributed by atoms with E-state index in [2.05, 4.69) is 17.8 Å². The Kier molecular flexibility index (Phi) is 5.07. The SMILES string of the molecule is C#CCCCCC#Cc1ccccc1. The molecule has 1 aromatic rings. The third-order valence-corrected chi connectivity index (χ3v) is 1.88. The number of hydrogen-bond acceptors (Lipinski definition) is 0. The predicted octanol–water partition coefficient (Wildman–Crippen LogP) is 3.23. The van der Waals surface area contributed by atoms with Crippen LogP contribution in [0.5, 0.6) is 0 Å². The van der Waals surface area contributed by atoms with Gasteiger partial charge in [-0.1, -0.05) is 30.0 Å². The van der Waals surface area contributed by atoms with Crippen molar-refractivity contribution in [1.29, 1.82) is 0 Å². The van der Waals surface area contributed by atoms with Gasteiger partial charge in [0, 0.05) is 18.4 Å². The third-order valence-electron chi connectivity index (χ3n) is 1.88. The maximum Gasteiger partial charge on any atom is 0.0245 e. The molecule has 0 spiro atoms. The smallest absolute Gasteiger partial charge is 0.0245 e. The van der Waals surface area contributed by atoms with Gasteiger partial charge in [-0.05, 0) is 25.0 Å². The van der Waals surface area contributed by atoms with Gasteiger partial charge in [0.15, 0.2) is 0 Å². The number of hydrogen-bond donors (Lipinski definition) is 0. The summed E-state index contributed by atoms with van der Waals surface area (Å²) in [5, 5.41) is 0. The minimum Gasteiger partial charge on any atom is -0.120 e. The summed E-state index contributed by atoms with van der Waals surface area (Å²) >= 11 is 0. The van der Waals surface area contributed by atoms with Crippen LogP contribution in [0, 0.1) is 24.2 Å². The number of terminal acetylenes is 1. The second-order valence-corrected chi connectivity index (χ2v) is 3.08. The highest BCUT2D eigenvalue weighted by Crippen LogP contribution is 1.99. The molecule has 0 nitrogen and oxygen atoms in total. The zero-order chi connectivity index (χ0) is 10.1. The number of unbranched alkanes of at least 4 members (excludes halogenated alkanes) is 3. The molecule has 0 heteroatoms. The standard InChI is InChI=1S/C14H14/c1-2-3-4-5-6-8-11-14-12-9-7-10-13-14/h1,7,9-10,12-13H,3-6H2. The van der Waals surface area contributed by atoms with E-state index in [1.807, 2.05) is 30.3 Å². The van der Waals surface area contributed by atoms with Crippen LogP contribution in [0.3, 0.4) is 0 Å². The van der Waals surface area contributed by atoms with Gasteiger partial charge in [-0.25, -0.2) is 0 Å². The van der Waals surface area contributed by atoms with E-state index in [9.17, 15) is 0 Å². The first kappa shape index (κ1) is 10.4. The molecule has 0 atom stereocenters. The van der Waals surface area contributed by atoms with E-state index >= 15 is 0 Å². The second kappa shape index (κ2) is 6.81. The van der Waals surface area contributed by atoms with Crippen molar-refractivity contribution in [2.75, 3.05) is 0 Å². The zero-order valence-electron chi connectivity index (χ0n) is 8.29. The summed E-state index contributed by atoms with van der Waals surface area (Å²) in [5.74, 6) is 8.89. The van der Waals surface area contributed by atoms with Crippen molar-refractivity contribution in [3.8, 4) is 24.2 Å². The van der Waals surface area contributed by atoms with Gasteiger partial charge in [0.25, 0.3) is 0 Å². The van der Waals surface area contributed by atoms with Gasteiger partial charge in [0.1, 0.15) is 0 Å². The third kappa shape index (κ3) is 4.39. The fraction of sp³-hybridized carbons (Fsp3) is 0.286. The summed E-state index contributed by atoms with van der Waals surface area (Å²) in [4.78, 5) is 0. The molecule has 0 N–H and O–H groups in total. The van der Waals surface area contributed by atoms with E-state index in [1.165, 1.54) is 0 Å². The van der Waals surface area contributed by atoms with E-state index in [4.69, 9.17) is 6.42 Å². The fourth-order valence-corrected chi connectivity index (χ4v) is 1.13. The van der Waals surface area contributed by atoms with Crippen molar-refractivity contribution >= 4 is 0 Å². The lowest BCUT2D eigenvalue weighted by Crippen LogP contribution is -1.74. The molecule has 0 amide bonds. The Labute approximate surface area is 86.3 Å². The molecule has 0 aliphatic carbocycles. The Hall–Kier alpha value is -1.66. The summed E-state index contributed by atoms with van der Waals surface area (Å²) in [5.41, 5.74) is 1.09. The maximum absolute atomic E-state index is 5.15. The monoisotopic (exact) mass is 182 g/mol. The molecule has 0 aliphatic heterocycles. The molecule has 0 unspecified atom stereocenters. The lowest BCUT2D eigenvalue weighted by atomic mass is 10.2. The van der Waals surface area contributed by atoms with E-state index in [0.29, 0.717) is 0 Å². The predicted molar refractivity (Wildman–Crippen MR) is 60.6 cm³/mol. The Bertz CT molecular complexity index is 343. The average Bonchev–Trinajstić information content (AvgIpc) is 2.25. The summed E-state index contributed by atoms with van der Waals surface area (Å²) in [7, 11) is 0. The van der Waals surface area contributed by atoms with Crippen molar-refractivity contribution in [3.63, 3.8) is 0 Å². The zero-order valence-corrected chi connectivity index (χ0v) is 8.29. The van der Waals surface area contributed by atoms with Gasteiger partial charge >= 0.3 is 0 Å². The molecule has 70 valence electrons. The average molecular weight is 182 g/mol. The molecule has 14 heavy (non-hydrogen) atoms. The Balaban J connectivity index is 2.25. The molecular formula is C14H14. The van der Waals surface area contributed by atoms with Crippen molar-refractivity contribution in [1.82, 2.24) is 0 Å². The first-order valence-corrected chi connectivity index (χ1v) is 4.91. The summed E-state index contributed by atoms with van der Waals surface area (Å²) in [6.45, 7) is 0. The largest absolute Gasteiger partial charge is 0.120 e. The van der Waals surface area contributed by atoms with Crippen LogP contribution < -0.4 is 0 Å². The first-order chi connectivity index (χ1) is 6.93. The minimum atomic E-state index is 0.868. The highest BCUT2D eigenvalue weighted by atomic mass is 13.9. The number of rotatable bonds is 3. The van der Waals surface area contributed by atoms with Gasteiger partial charge in [-0.3, -0.25) is 0 Å². The van der Waals surface area contributed by atoms with E-state index in [0.717, 1.165) is 31.2 Å². The van der Waals surface area contributed by atoms with Crippen LogP contribution >= 0.6 is 0 Å². The normalized spacial score (nSPS) is 8.50. The van der Waals surface area contributed by atoms with Crippen molar-refractivity contribution in [3.05, 3.63) is 35.9 Å². The molecule has 0 aliphatic rings. The first-order valence-electron chi connectivity index (χ1n) is 4.91. The lowest BCUT2D eigenvalue weighted by Gasteiger charge is -1.89. The highest BCUT2D eigenvalue weighted by Gasteiger charge is 1.83. The summed E-state index contributed by atoms with van der Waals surface area (Å²) in [6.07, 6.45) is 9.14. The van der Waals surface area contributed by atoms with Crippen LogP contribution in [-0.2, 0) is 0 Å². The van der Waals surface area contributed by atoms with Crippen LogP contribution in [0.1, 0.15) is 31.2 Å². The molecule has 0 radical (unpaired) electrons. The molecule has 0 fully saturated rings. The van der Waals surface area contributed by atoms with Gasteiger partial charge < -0.3 is 0 Å². The van der Waals surface area contributed by atoms with Crippen LogP contribution in [-0.4, -0.2) is 0 Å². The van der Waals surface area contributed by atoms with Crippen LogP contribution in [0.15, 0.2) is 30.3 Å². The van der Waals surface area contributed by atoms with Gasteiger partial charge in [-0.15, -0.1) is 12.3 Å². The van der Waals surface area contributed by atoms with Crippen molar-refractivity contribution in [2.24, 2.45) is 0 Å². The van der Waals surface area contributed by atoms with Crippen LogP contribution in [0.4, 0.5) is 0 Å². The Morgan fingerprint density at radius 3 is 2.43 bits per heavy atom. The van der Waals surface area contributed by atoms with Crippen LogP contribution in [0.25, 0.3) is 0 Å². The van der Waals surface area contributed by atoms with Crippen LogP contribution in [0.2, 0.25) is 0 Å². The van der Waals surface area contributed by atoms with Gasteiger partial charge in [0.05, 0.1) is 0 Å². The molecule has 1 rings (SSSR count). The molecule has 0 aromatic heterocycles. The summed E-state index contributed by atoms with van der Waals surface area (Å²) < 4.78 is 0. The van der Waals surface area contributed by atoms with Gasteiger partial charge in [-0.2, -0.15) is 0 Å². The molecule has 0 saturated carbocycles. The van der Waals surface area contributed by atoms with Gasteiger partial charge in [0.2, 0.25) is 0 Å². The quantitative estimate of drug-likeness (QED) is 0.497. The van der Waals surface area contributed by atoms with E-state index in [1.54, 1.807) is 0 Å². The molecular weight excluding hydrogens is 168 g/mol. The minimum absolute atomic E-state index is 0.868. The molecule has 1 aromatic carbocycles. The van der Waals surface area contributed by atoms with Crippen molar-refractivity contribution in [2.45, 2.75) is 25.7 Å². The van der Waals surface area contributed by atoms with E-state index in [-0.39, 0.29) is 0 Å². The number of benzene rings is 1. The summed E-state index contributed by atoms with van der Waals surface area (Å²) in [6, 6.07) is 10.0. The maximum atomic E-state index is 5.15. The van der Waals surface area contributed by atoms with Crippen molar-refractivity contribution < 1.29 is 0 Å². The topological polar surface area (TPSA) is 0 Å². The Morgan fingerprint density at radius 1 is 1.00 bits per heavy atom. The molecule has 0 heterocycles. The highest BCUT2D eigenvalue weighted by molar-refractivity contribution is 5.33. The fourth-order valence-electron chi connectivity index (χ4n) is 1.13. The Morgan fingerprint density at radius 2 is 1.71 bits per heavy atom.